The van der Waals surface area contributed by atoms with Crippen LogP contribution in [0.5, 0.6) is 5.88 Å². The largest absolute Gasteiger partial charge is 0.477 e. The number of nitrogens with zero attached hydrogens (tertiary/aromatic N) is 1. The van der Waals surface area contributed by atoms with Gasteiger partial charge >= 0.3 is 5.97 Å². The molecule has 7 heteroatoms. The first kappa shape index (κ1) is 18.4. The van der Waals surface area contributed by atoms with Crippen molar-refractivity contribution in [3.8, 4) is 5.88 Å². The topological polar surface area (TPSA) is 98.3 Å². The Balaban J connectivity index is 2.12. The summed E-state index contributed by atoms with van der Waals surface area (Å²) in [6.45, 7) is 6.52. The van der Waals surface area contributed by atoms with E-state index in [1.54, 1.807) is 26.8 Å². The van der Waals surface area contributed by atoms with E-state index in [9.17, 15) is 14.4 Å². The molecule has 0 atom stereocenters. The maximum absolute atomic E-state index is 12.3. The summed E-state index contributed by atoms with van der Waals surface area (Å²) in [6.07, 6.45) is 1.50. The summed E-state index contributed by atoms with van der Waals surface area (Å²) in [4.78, 5) is 43.0. The van der Waals surface area contributed by atoms with Crippen molar-refractivity contribution >= 4 is 17.5 Å². The number of carbonyl (C=O) groups excluding carboxylic acids is 3. The fraction of sp³-hybridized carbons (Fsp3) is 0.333. The number of hydrogen-bond donors (Lipinski definition) is 1. The number of H-pyrrole nitrogens is 1. The molecule has 0 unspecified atom stereocenters. The molecule has 2 rings (SSSR count). The summed E-state index contributed by atoms with van der Waals surface area (Å²) < 4.78 is 10.4. The van der Waals surface area contributed by atoms with Gasteiger partial charge in [0.05, 0.1) is 12.3 Å². The Labute approximate surface area is 145 Å². The van der Waals surface area contributed by atoms with Crippen LogP contribution in [0.3, 0.4) is 0 Å². The lowest BCUT2D eigenvalue weighted by atomic mass is 10.1. The Morgan fingerprint density at radius 3 is 2.56 bits per heavy atom. The van der Waals surface area contributed by atoms with Crippen LogP contribution < -0.4 is 4.74 Å². The Hall–Kier alpha value is -2.96. The zero-order valence-corrected chi connectivity index (χ0v) is 14.6. The van der Waals surface area contributed by atoms with Gasteiger partial charge in [-0.25, -0.2) is 9.78 Å². The molecule has 0 aliphatic rings. The fourth-order valence-electron chi connectivity index (χ4n) is 2.64. The van der Waals surface area contributed by atoms with Gasteiger partial charge in [0.25, 0.3) is 0 Å². The summed E-state index contributed by atoms with van der Waals surface area (Å²) in [7, 11) is 0. The molecular weight excluding hydrogens is 324 g/mol. The van der Waals surface area contributed by atoms with E-state index in [2.05, 4.69) is 9.97 Å². The highest BCUT2D eigenvalue weighted by atomic mass is 16.5. The van der Waals surface area contributed by atoms with Crippen LogP contribution in [0.15, 0.2) is 18.3 Å². The van der Waals surface area contributed by atoms with Gasteiger partial charge in [-0.1, -0.05) is 0 Å². The van der Waals surface area contributed by atoms with E-state index < -0.39 is 18.4 Å². The van der Waals surface area contributed by atoms with E-state index >= 15 is 0 Å². The van der Waals surface area contributed by atoms with Gasteiger partial charge in [-0.2, -0.15) is 0 Å². The zero-order valence-electron chi connectivity index (χ0n) is 14.6. The molecule has 132 valence electrons. The minimum Gasteiger partial charge on any atom is -0.477 e. The third-order valence-electron chi connectivity index (χ3n) is 3.67. The number of hydrogen-bond acceptors (Lipinski definition) is 6. The SMILES string of the molecule is CCOc1ncccc1C(=O)OCC(=O)c1[nH]c(C)c(C(C)=O)c1C. The van der Waals surface area contributed by atoms with Crippen molar-refractivity contribution in [1.82, 2.24) is 9.97 Å². The molecule has 25 heavy (non-hydrogen) atoms. The summed E-state index contributed by atoms with van der Waals surface area (Å²) in [5.41, 5.74) is 2.08. The Kier molecular flexibility index (Phi) is 5.69. The van der Waals surface area contributed by atoms with E-state index in [1.807, 2.05) is 0 Å². The molecule has 0 aliphatic carbocycles. The average Bonchev–Trinajstić information content (AvgIpc) is 2.88. The number of ether oxygens (including phenoxy) is 2. The molecule has 0 radical (unpaired) electrons. The first-order valence-corrected chi connectivity index (χ1v) is 7.85. The number of carbonyl (C=O) groups is 3. The molecule has 0 amide bonds. The standard InChI is InChI=1S/C18H20N2O5/c1-5-24-17-13(7-6-8-19-17)18(23)25-9-14(22)16-10(2)15(12(4)21)11(3)20-16/h6-8,20H,5,9H2,1-4H3. The van der Waals surface area contributed by atoms with Crippen LogP contribution in [0.4, 0.5) is 0 Å². The van der Waals surface area contributed by atoms with Crippen molar-refractivity contribution < 1.29 is 23.9 Å². The highest BCUT2D eigenvalue weighted by molar-refractivity contribution is 6.04. The molecule has 2 aromatic heterocycles. The van der Waals surface area contributed by atoms with Gasteiger partial charge in [-0.05, 0) is 45.4 Å². The number of Topliss-reactive ketones (excluding diaryl/α,β-unsaturated/α-hetero) is 2. The quantitative estimate of drug-likeness (QED) is 0.612. The number of pyridine rings is 1. The molecular formula is C18H20N2O5. The average molecular weight is 344 g/mol. The molecule has 2 aromatic rings. The molecule has 1 N–H and O–H groups in total. The summed E-state index contributed by atoms with van der Waals surface area (Å²) in [5, 5.41) is 0. The van der Waals surface area contributed by atoms with Crippen molar-refractivity contribution in [1.29, 1.82) is 0 Å². The maximum atomic E-state index is 12.3. The number of aryl methyl sites for hydroxylation is 1. The minimum atomic E-state index is -0.697. The third-order valence-corrected chi connectivity index (χ3v) is 3.67. The van der Waals surface area contributed by atoms with E-state index in [-0.39, 0.29) is 22.9 Å². The first-order valence-electron chi connectivity index (χ1n) is 7.85. The highest BCUT2D eigenvalue weighted by Gasteiger charge is 2.22. The van der Waals surface area contributed by atoms with Gasteiger partial charge in [-0.15, -0.1) is 0 Å². The lowest BCUT2D eigenvalue weighted by Crippen LogP contribution is -2.16. The number of rotatable bonds is 7. The normalized spacial score (nSPS) is 10.4. The highest BCUT2D eigenvalue weighted by Crippen LogP contribution is 2.20. The van der Waals surface area contributed by atoms with E-state index in [1.165, 1.54) is 19.2 Å². The molecule has 0 saturated heterocycles. The summed E-state index contributed by atoms with van der Waals surface area (Å²) in [5.74, 6) is -1.08. The van der Waals surface area contributed by atoms with Crippen molar-refractivity contribution in [2.24, 2.45) is 0 Å². The van der Waals surface area contributed by atoms with Crippen LogP contribution in [-0.4, -0.2) is 40.7 Å². The zero-order chi connectivity index (χ0) is 18.6. The molecule has 0 saturated carbocycles. The number of esters is 1. The van der Waals surface area contributed by atoms with Crippen LogP contribution in [0.2, 0.25) is 0 Å². The van der Waals surface area contributed by atoms with Crippen LogP contribution >= 0.6 is 0 Å². The summed E-state index contributed by atoms with van der Waals surface area (Å²) >= 11 is 0. The number of aromatic amines is 1. The molecule has 7 nitrogen and oxygen atoms in total. The molecule has 0 aliphatic heterocycles. The molecule has 2 heterocycles. The predicted molar refractivity (Wildman–Crippen MR) is 90.3 cm³/mol. The van der Waals surface area contributed by atoms with Crippen molar-refractivity contribution in [3.05, 3.63) is 46.4 Å². The van der Waals surface area contributed by atoms with Crippen LogP contribution in [-0.2, 0) is 4.74 Å². The lowest BCUT2D eigenvalue weighted by Gasteiger charge is -2.08. The second kappa shape index (κ2) is 7.74. The van der Waals surface area contributed by atoms with Crippen LogP contribution in [0.25, 0.3) is 0 Å². The van der Waals surface area contributed by atoms with Crippen LogP contribution in [0, 0.1) is 13.8 Å². The van der Waals surface area contributed by atoms with E-state index in [0.717, 1.165) is 0 Å². The monoisotopic (exact) mass is 344 g/mol. The number of nitrogens with one attached hydrogen (secondary N) is 1. The first-order chi connectivity index (χ1) is 11.9. The fourth-order valence-corrected chi connectivity index (χ4v) is 2.64. The molecule has 0 fully saturated rings. The lowest BCUT2D eigenvalue weighted by molar-refractivity contribution is 0.0468. The van der Waals surface area contributed by atoms with Crippen molar-refractivity contribution in [3.63, 3.8) is 0 Å². The smallest absolute Gasteiger partial charge is 0.344 e. The summed E-state index contributed by atoms with van der Waals surface area (Å²) in [6, 6.07) is 3.10. The van der Waals surface area contributed by atoms with E-state index in [4.69, 9.17) is 9.47 Å². The second-order valence-electron chi connectivity index (χ2n) is 5.47. The molecule has 0 aromatic carbocycles. The minimum absolute atomic E-state index is 0.126. The van der Waals surface area contributed by atoms with Gasteiger partial charge in [0.2, 0.25) is 11.7 Å². The van der Waals surface area contributed by atoms with Gasteiger partial charge < -0.3 is 14.5 Å². The van der Waals surface area contributed by atoms with Crippen molar-refractivity contribution in [2.45, 2.75) is 27.7 Å². The molecule has 0 spiro atoms. The van der Waals surface area contributed by atoms with Gasteiger partial charge in [0.15, 0.2) is 12.4 Å². The predicted octanol–water partition coefficient (Wildman–Crippen LogP) is 2.67. The number of ketones is 2. The Morgan fingerprint density at radius 2 is 1.96 bits per heavy atom. The van der Waals surface area contributed by atoms with Crippen LogP contribution in [0.1, 0.15) is 56.3 Å². The van der Waals surface area contributed by atoms with E-state index in [0.29, 0.717) is 23.4 Å². The maximum Gasteiger partial charge on any atom is 0.344 e. The Bertz CT molecular complexity index is 823. The van der Waals surface area contributed by atoms with Gasteiger partial charge in [0.1, 0.15) is 5.56 Å². The van der Waals surface area contributed by atoms with Crippen molar-refractivity contribution in [2.75, 3.05) is 13.2 Å². The third kappa shape index (κ3) is 3.93. The second-order valence-corrected chi connectivity index (χ2v) is 5.47. The Morgan fingerprint density at radius 1 is 1.24 bits per heavy atom. The van der Waals surface area contributed by atoms with Gasteiger partial charge in [0, 0.05) is 17.5 Å². The number of aromatic nitrogens is 2. The molecule has 0 bridgehead atoms. The van der Waals surface area contributed by atoms with Gasteiger partial charge in [-0.3, -0.25) is 9.59 Å².